The molecule has 5 heteroatoms. The van der Waals surface area contributed by atoms with Crippen LogP contribution in [0.1, 0.15) is 11.1 Å². The van der Waals surface area contributed by atoms with Gasteiger partial charge in [0.05, 0.1) is 24.4 Å². The molecule has 2 heterocycles. The lowest BCUT2D eigenvalue weighted by atomic mass is 10.1. The average Bonchev–Trinajstić information content (AvgIpc) is 2.71. The molecular formula is C22H24N2O3. The quantitative estimate of drug-likeness (QED) is 0.710. The maximum atomic E-state index is 12.8. The van der Waals surface area contributed by atoms with Gasteiger partial charge in [0.1, 0.15) is 11.3 Å². The second kappa shape index (κ2) is 7.45. The van der Waals surface area contributed by atoms with Gasteiger partial charge in [0.15, 0.2) is 5.43 Å². The van der Waals surface area contributed by atoms with Crippen LogP contribution in [0.15, 0.2) is 57.9 Å². The molecule has 0 spiro atoms. The molecule has 0 atom stereocenters. The molecule has 3 aromatic rings. The second-order valence-corrected chi connectivity index (χ2v) is 7.02. The number of piperazine rings is 1. The van der Waals surface area contributed by atoms with Crippen molar-refractivity contribution >= 4 is 16.7 Å². The number of anilines is 1. The summed E-state index contributed by atoms with van der Waals surface area (Å²) < 4.78 is 11.2. The fraction of sp³-hybridized carbons (Fsp3) is 0.318. The first-order valence-corrected chi connectivity index (χ1v) is 9.27. The van der Waals surface area contributed by atoms with Crippen LogP contribution in [0.4, 0.5) is 5.69 Å². The first-order chi connectivity index (χ1) is 13.2. The molecule has 1 fully saturated rings. The van der Waals surface area contributed by atoms with E-state index in [0.29, 0.717) is 17.5 Å². The summed E-state index contributed by atoms with van der Waals surface area (Å²) in [7, 11) is 1.70. The van der Waals surface area contributed by atoms with E-state index in [9.17, 15) is 4.79 Å². The van der Waals surface area contributed by atoms with Crippen LogP contribution in [0, 0.1) is 6.92 Å². The summed E-state index contributed by atoms with van der Waals surface area (Å²) in [5.41, 5.74) is 3.64. The Hall–Kier alpha value is -2.79. The Balaban J connectivity index is 1.47. The molecule has 0 unspecified atom stereocenters. The molecule has 5 nitrogen and oxygen atoms in total. The van der Waals surface area contributed by atoms with Gasteiger partial charge in [-0.3, -0.25) is 9.69 Å². The van der Waals surface area contributed by atoms with Crippen molar-refractivity contribution in [2.75, 3.05) is 38.2 Å². The van der Waals surface area contributed by atoms with Crippen molar-refractivity contribution in [2.24, 2.45) is 0 Å². The summed E-state index contributed by atoms with van der Waals surface area (Å²) in [6.07, 6.45) is 1.62. The Morgan fingerprint density at radius 3 is 2.63 bits per heavy atom. The van der Waals surface area contributed by atoms with Crippen LogP contribution in [0.2, 0.25) is 0 Å². The van der Waals surface area contributed by atoms with Gasteiger partial charge in [-0.25, -0.2) is 0 Å². The van der Waals surface area contributed by atoms with E-state index in [1.165, 1.54) is 0 Å². The number of aryl methyl sites for hydroxylation is 1. The van der Waals surface area contributed by atoms with Gasteiger partial charge in [-0.15, -0.1) is 0 Å². The molecule has 0 radical (unpaired) electrons. The molecular weight excluding hydrogens is 340 g/mol. The Kier molecular flexibility index (Phi) is 4.86. The molecule has 1 aliphatic heterocycles. The molecule has 1 aliphatic rings. The Morgan fingerprint density at radius 2 is 1.85 bits per heavy atom. The van der Waals surface area contributed by atoms with E-state index in [0.717, 1.165) is 48.7 Å². The first-order valence-electron chi connectivity index (χ1n) is 9.27. The summed E-state index contributed by atoms with van der Waals surface area (Å²) >= 11 is 0. The lowest BCUT2D eigenvalue weighted by Crippen LogP contribution is -2.46. The third-order valence-corrected chi connectivity index (χ3v) is 5.19. The van der Waals surface area contributed by atoms with Gasteiger partial charge in [-0.1, -0.05) is 23.8 Å². The van der Waals surface area contributed by atoms with E-state index in [1.54, 1.807) is 13.4 Å². The van der Waals surface area contributed by atoms with Crippen molar-refractivity contribution in [3.63, 3.8) is 0 Å². The van der Waals surface area contributed by atoms with Crippen LogP contribution in [0.25, 0.3) is 11.0 Å². The van der Waals surface area contributed by atoms with E-state index in [2.05, 4.69) is 15.9 Å². The molecule has 140 valence electrons. The Morgan fingerprint density at radius 1 is 1.07 bits per heavy atom. The zero-order chi connectivity index (χ0) is 18.8. The van der Waals surface area contributed by atoms with Crippen LogP contribution in [-0.4, -0.2) is 38.2 Å². The molecule has 4 rings (SSSR count). The molecule has 0 aliphatic carbocycles. The summed E-state index contributed by atoms with van der Waals surface area (Å²) in [6, 6.07) is 13.8. The molecule has 1 aromatic heterocycles. The minimum Gasteiger partial charge on any atom is -0.495 e. The number of fused-ring (bicyclic) bond motifs is 1. The number of para-hydroxylation sites is 2. The summed E-state index contributed by atoms with van der Waals surface area (Å²) in [6.45, 7) is 6.19. The van der Waals surface area contributed by atoms with E-state index >= 15 is 0 Å². The highest BCUT2D eigenvalue weighted by molar-refractivity contribution is 5.77. The number of ether oxygens (including phenoxy) is 1. The van der Waals surface area contributed by atoms with Gasteiger partial charge in [0, 0.05) is 38.3 Å². The number of hydrogen-bond donors (Lipinski definition) is 0. The van der Waals surface area contributed by atoms with Gasteiger partial charge < -0.3 is 14.1 Å². The van der Waals surface area contributed by atoms with Crippen molar-refractivity contribution < 1.29 is 9.15 Å². The van der Waals surface area contributed by atoms with Crippen molar-refractivity contribution in [3.8, 4) is 5.75 Å². The topological polar surface area (TPSA) is 45.9 Å². The second-order valence-electron chi connectivity index (χ2n) is 7.02. The van der Waals surface area contributed by atoms with Crippen LogP contribution in [0.3, 0.4) is 0 Å². The van der Waals surface area contributed by atoms with Gasteiger partial charge >= 0.3 is 0 Å². The highest BCUT2D eigenvalue weighted by atomic mass is 16.5. The van der Waals surface area contributed by atoms with Crippen molar-refractivity contribution in [1.82, 2.24) is 4.90 Å². The van der Waals surface area contributed by atoms with Crippen molar-refractivity contribution in [1.29, 1.82) is 0 Å². The predicted octanol–water partition coefficient (Wildman–Crippen LogP) is 3.43. The number of nitrogens with zero attached hydrogens (tertiary/aromatic N) is 2. The lowest BCUT2D eigenvalue weighted by molar-refractivity contribution is 0.247. The minimum atomic E-state index is 0.0760. The number of hydrogen-bond acceptors (Lipinski definition) is 5. The van der Waals surface area contributed by atoms with E-state index in [4.69, 9.17) is 9.15 Å². The van der Waals surface area contributed by atoms with E-state index < -0.39 is 0 Å². The summed E-state index contributed by atoms with van der Waals surface area (Å²) in [4.78, 5) is 17.5. The Labute approximate surface area is 158 Å². The zero-order valence-corrected chi connectivity index (χ0v) is 15.8. The molecule has 0 bridgehead atoms. The van der Waals surface area contributed by atoms with Crippen LogP contribution >= 0.6 is 0 Å². The smallest absolute Gasteiger partial charge is 0.197 e. The zero-order valence-electron chi connectivity index (χ0n) is 15.8. The van der Waals surface area contributed by atoms with E-state index in [-0.39, 0.29) is 5.43 Å². The molecule has 2 aromatic carbocycles. The van der Waals surface area contributed by atoms with Crippen molar-refractivity contribution in [2.45, 2.75) is 13.5 Å². The van der Waals surface area contributed by atoms with Crippen LogP contribution in [-0.2, 0) is 6.54 Å². The van der Waals surface area contributed by atoms with Crippen molar-refractivity contribution in [3.05, 3.63) is 70.1 Å². The SMILES string of the molecule is COc1ccccc1N1CCN(Cc2coc3ccc(C)cc3c2=O)CC1. The highest BCUT2D eigenvalue weighted by Crippen LogP contribution is 2.28. The number of benzene rings is 2. The minimum absolute atomic E-state index is 0.0760. The molecule has 1 saturated heterocycles. The van der Waals surface area contributed by atoms with Gasteiger partial charge in [-0.05, 0) is 31.2 Å². The first kappa shape index (κ1) is 17.6. The standard InChI is InChI=1S/C22H24N2O3/c1-16-7-8-20-18(13-16)22(25)17(15-27-20)14-23-9-11-24(12-10-23)19-5-3-4-6-21(19)26-2/h3-8,13,15H,9-12,14H2,1-2H3. The third-order valence-electron chi connectivity index (χ3n) is 5.19. The summed E-state index contributed by atoms with van der Waals surface area (Å²) in [5, 5.41) is 0.667. The molecule has 27 heavy (non-hydrogen) atoms. The highest BCUT2D eigenvalue weighted by Gasteiger charge is 2.20. The molecule has 0 N–H and O–H groups in total. The van der Waals surface area contributed by atoms with Crippen LogP contribution < -0.4 is 15.1 Å². The maximum absolute atomic E-state index is 12.8. The fourth-order valence-corrected chi connectivity index (χ4v) is 3.67. The normalized spacial score (nSPS) is 15.3. The van der Waals surface area contributed by atoms with Gasteiger partial charge in [0.25, 0.3) is 0 Å². The summed E-state index contributed by atoms with van der Waals surface area (Å²) in [5.74, 6) is 0.900. The Bertz CT molecular complexity index is 1000. The third kappa shape index (κ3) is 3.55. The number of methoxy groups -OCH3 is 1. The molecule has 0 saturated carbocycles. The maximum Gasteiger partial charge on any atom is 0.197 e. The van der Waals surface area contributed by atoms with E-state index in [1.807, 2.05) is 43.3 Å². The van der Waals surface area contributed by atoms with Gasteiger partial charge in [-0.2, -0.15) is 0 Å². The largest absolute Gasteiger partial charge is 0.495 e. The van der Waals surface area contributed by atoms with Gasteiger partial charge in [0.2, 0.25) is 0 Å². The lowest BCUT2D eigenvalue weighted by Gasteiger charge is -2.36. The average molecular weight is 364 g/mol. The predicted molar refractivity (Wildman–Crippen MR) is 108 cm³/mol. The molecule has 0 amide bonds. The van der Waals surface area contributed by atoms with Crippen LogP contribution in [0.5, 0.6) is 5.75 Å². The fourth-order valence-electron chi connectivity index (χ4n) is 3.67. The monoisotopic (exact) mass is 364 g/mol. The number of rotatable bonds is 4.